The molecular weight excluding hydrogens is 328 g/mol. The standard InChI is InChI=1S/C20H22N4O2/c1-14(2)12-21-18-11-17(20(25)22-13-16-9-6-10-26-16)23-19(24-18)15-7-4-3-5-8-15/h3-11,14H,12-13H2,1-2H3,(H,22,25)(H,21,23,24). The predicted octanol–water partition coefficient (Wildman–Crippen LogP) is 3.73. The van der Waals surface area contributed by atoms with Crippen LogP contribution in [0.5, 0.6) is 0 Å². The lowest BCUT2D eigenvalue weighted by atomic mass is 10.2. The van der Waals surface area contributed by atoms with E-state index in [4.69, 9.17) is 4.42 Å². The summed E-state index contributed by atoms with van der Waals surface area (Å²) in [5, 5.41) is 6.09. The molecule has 2 N–H and O–H groups in total. The molecule has 6 nitrogen and oxygen atoms in total. The number of furan rings is 1. The normalized spacial score (nSPS) is 10.7. The van der Waals surface area contributed by atoms with Crippen molar-refractivity contribution < 1.29 is 9.21 Å². The first-order valence-corrected chi connectivity index (χ1v) is 8.61. The molecule has 3 rings (SSSR count). The van der Waals surface area contributed by atoms with E-state index in [1.165, 1.54) is 0 Å². The summed E-state index contributed by atoms with van der Waals surface area (Å²) in [6.45, 7) is 5.30. The van der Waals surface area contributed by atoms with E-state index in [1.807, 2.05) is 36.4 Å². The van der Waals surface area contributed by atoms with E-state index in [1.54, 1.807) is 18.4 Å². The van der Waals surface area contributed by atoms with Crippen LogP contribution >= 0.6 is 0 Å². The van der Waals surface area contributed by atoms with Crippen LogP contribution < -0.4 is 10.6 Å². The van der Waals surface area contributed by atoms with Gasteiger partial charge in [-0.15, -0.1) is 0 Å². The highest BCUT2D eigenvalue weighted by Gasteiger charge is 2.13. The van der Waals surface area contributed by atoms with E-state index in [9.17, 15) is 4.79 Å². The van der Waals surface area contributed by atoms with Crippen molar-refractivity contribution in [1.82, 2.24) is 15.3 Å². The fourth-order valence-electron chi connectivity index (χ4n) is 2.35. The first kappa shape index (κ1) is 17.7. The zero-order chi connectivity index (χ0) is 18.4. The van der Waals surface area contributed by atoms with Gasteiger partial charge in [-0.05, 0) is 18.1 Å². The van der Waals surface area contributed by atoms with Gasteiger partial charge in [-0.25, -0.2) is 9.97 Å². The highest BCUT2D eigenvalue weighted by atomic mass is 16.3. The Kier molecular flexibility index (Phi) is 5.63. The summed E-state index contributed by atoms with van der Waals surface area (Å²) in [5.41, 5.74) is 1.18. The highest BCUT2D eigenvalue weighted by Crippen LogP contribution is 2.18. The number of anilines is 1. The average Bonchev–Trinajstić information content (AvgIpc) is 3.18. The number of nitrogens with zero attached hydrogens (tertiary/aromatic N) is 2. The number of carbonyl (C=O) groups is 1. The van der Waals surface area contributed by atoms with Crippen LogP contribution in [0.1, 0.15) is 30.1 Å². The van der Waals surface area contributed by atoms with Gasteiger partial charge in [-0.1, -0.05) is 44.2 Å². The Morgan fingerprint density at radius 1 is 1.12 bits per heavy atom. The molecule has 0 saturated carbocycles. The summed E-state index contributed by atoms with van der Waals surface area (Å²) in [6.07, 6.45) is 1.58. The van der Waals surface area contributed by atoms with Gasteiger partial charge in [0.2, 0.25) is 0 Å². The second-order valence-electron chi connectivity index (χ2n) is 6.36. The van der Waals surface area contributed by atoms with E-state index < -0.39 is 0 Å². The zero-order valence-corrected chi connectivity index (χ0v) is 14.9. The summed E-state index contributed by atoms with van der Waals surface area (Å²) < 4.78 is 5.24. The van der Waals surface area contributed by atoms with Crippen molar-refractivity contribution in [2.24, 2.45) is 5.92 Å². The second kappa shape index (κ2) is 8.29. The van der Waals surface area contributed by atoms with Crippen LogP contribution in [-0.4, -0.2) is 22.4 Å². The Hall–Kier alpha value is -3.15. The van der Waals surface area contributed by atoms with Crippen molar-refractivity contribution >= 4 is 11.7 Å². The van der Waals surface area contributed by atoms with Crippen LogP contribution in [0.3, 0.4) is 0 Å². The monoisotopic (exact) mass is 350 g/mol. The molecule has 2 aromatic heterocycles. The lowest BCUT2D eigenvalue weighted by molar-refractivity contribution is 0.0943. The van der Waals surface area contributed by atoms with Gasteiger partial charge in [0.05, 0.1) is 12.8 Å². The summed E-state index contributed by atoms with van der Waals surface area (Å²) in [5.74, 6) is 2.03. The number of hydrogen-bond acceptors (Lipinski definition) is 5. The molecular formula is C20H22N4O2. The topological polar surface area (TPSA) is 80.0 Å². The van der Waals surface area contributed by atoms with Crippen LogP contribution in [0.15, 0.2) is 59.2 Å². The molecule has 0 saturated heterocycles. The van der Waals surface area contributed by atoms with Gasteiger partial charge in [0.15, 0.2) is 5.82 Å². The average molecular weight is 350 g/mol. The molecule has 0 radical (unpaired) electrons. The summed E-state index contributed by atoms with van der Waals surface area (Å²) in [4.78, 5) is 21.5. The second-order valence-corrected chi connectivity index (χ2v) is 6.36. The molecule has 3 aromatic rings. The van der Waals surface area contributed by atoms with E-state index >= 15 is 0 Å². The molecule has 6 heteroatoms. The number of hydrogen-bond donors (Lipinski definition) is 2. The molecule has 0 bridgehead atoms. The molecule has 0 aliphatic heterocycles. The van der Waals surface area contributed by atoms with Crippen molar-refractivity contribution in [1.29, 1.82) is 0 Å². The molecule has 2 heterocycles. The Morgan fingerprint density at radius 2 is 1.92 bits per heavy atom. The van der Waals surface area contributed by atoms with Crippen LogP contribution in [0.4, 0.5) is 5.82 Å². The number of carbonyl (C=O) groups excluding carboxylic acids is 1. The van der Waals surface area contributed by atoms with Crippen LogP contribution in [0.25, 0.3) is 11.4 Å². The Balaban J connectivity index is 1.84. The lowest BCUT2D eigenvalue weighted by Crippen LogP contribution is -2.24. The van der Waals surface area contributed by atoms with E-state index in [0.29, 0.717) is 35.6 Å². The van der Waals surface area contributed by atoms with Gasteiger partial charge >= 0.3 is 0 Å². The Bertz CT molecular complexity index is 846. The van der Waals surface area contributed by atoms with Crippen molar-refractivity contribution in [3.05, 3.63) is 66.2 Å². The van der Waals surface area contributed by atoms with Gasteiger partial charge in [0.25, 0.3) is 5.91 Å². The van der Waals surface area contributed by atoms with Gasteiger partial charge in [-0.2, -0.15) is 0 Å². The number of nitrogens with one attached hydrogen (secondary N) is 2. The van der Waals surface area contributed by atoms with Gasteiger partial charge < -0.3 is 15.1 Å². The third kappa shape index (κ3) is 4.69. The minimum absolute atomic E-state index is 0.270. The molecule has 0 spiro atoms. The fraction of sp³-hybridized carbons (Fsp3) is 0.250. The first-order valence-electron chi connectivity index (χ1n) is 8.61. The third-order valence-corrected chi connectivity index (χ3v) is 3.69. The zero-order valence-electron chi connectivity index (χ0n) is 14.9. The van der Waals surface area contributed by atoms with E-state index in [0.717, 1.165) is 12.1 Å². The number of rotatable bonds is 7. The minimum Gasteiger partial charge on any atom is -0.467 e. The van der Waals surface area contributed by atoms with Crippen molar-refractivity contribution in [3.63, 3.8) is 0 Å². The predicted molar refractivity (Wildman–Crippen MR) is 101 cm³/mol. The Labute approximate surface area is 152 Å². The molecule has 1 aromatic carbocycles. The van der Waals surface area contributed by atoms with Crippen molar-refractivity contribution in [3.8, 4) is 11.4 Å². The first-order chi connectivity index (χ1) is 12.6. The largest absolute Gasteiger partial charge is 0.467 e. The Morgan fingerprint density at radius 3 is 2.62 bits per heavy atom. The molecule has 1 amide bonds. The lowest BCUT2D eigenvalue weighted by Gasteiger charge is -2.11. The molecule has 0 atom stereocenters. The molecule has 0 aliphatic rings. The summed E-state index contributed by atoms with van der Waals surface area (Å²) in [7, 11) is 0. The van der Waals surface area contributed by atoms with Gasteiger partial charge in [0.1, 0.15) is 17.3 Å². The summed E-state index contributed by atoms with van der Waals surface area (Å²) in [6, 6.07) is 14.9. The maximum Gasteiger partial charge on any atom is 0.270 e. The molecule has 26 heavy (non-hydrogen) atoms. The third-order valence-electron chi connectivity index (χ3n) is 3.69. The maximum absolute atomic E-state index is 12.5. The fourth-order valence-corrected chi connectivity index (χ4v) is 2.35. The molecule has 0 aliphatic carbocycles. The smallest absolute Gasteiger partial charge is 0.270 e. The van der Waals surface area contributed by atoms with E-state index in [-0.39, 0.29) is 5.91 Å². The minimum atomic E-state index is -0.270. The number of amides is 1. The SMILES string of the molecule is CC(C)CNc1cc(C(=O)NCc2ccco2)nc(-c2ccccc2)n1. The summed E-state index contributed by atoms with van der Waals surface area (Å²) >= 11 is 0. The quantitative estimate of drug-likeness (QED) is 0.678. The highest BCUT2D eigenvalue weighted by molar-refractivity contribution is 5.93. The van der Waals surface area contributed by atoms with Crippen molar-refractivity contribution in [2.45, 2.75) is 20.4 Å². The van der Waals surface area contributed by atoms with Gasteiger partial charge in [-0.3, -0.25) is 4.79 Å². The van der Waals surface area contributed by atoms with Crippen molar-refractivity contribution in [2.75, 3.05) is 11.9 Å². The van der Waals surface area contributed by atoms with Gasteiger partial charge in [0, 0.05) is 18.2 Å². The number of aromatic nitrogens is 2. The maximum atomic E-state index is 12.5. The van der Waals surface area contributed by atoms with Crippen LogP contribution in [-0.2, 0) is 6.54 Å². The molecule has 0 unspecified atom stereocenters. The van der Waals surface area contributed by atoms with E-state index in [2.05, 4.69) is 34.4 Å². The number of benzene rings is 1. The van der Waals surface area contributed by atoms with Crippen LogP contribution in [0.2, 0.25) is 0 Å². The molecule has 0 fully saturated rings. The van der Waals surface area contributed by atoms with Crippen LogP contribution in [0, 0.1) is 5.92 Å². The molecule has 134 valence electrons.